The molecule has 0 amide bonds. The maximum Gasteiger partial charge on any atom is 0.240 e. The van der Waals surface area contributed by atoms with Crippen LogP contribution in [0, 0.1) is 0 Å². The summed E-state index contributed by atoms with van der Waals surface area (Å²) in [5, 5.41) is 0.850. The summed E-state index contributed by atoms with van der Waals surface area (Å²) < 4.78 is 1.70. The van der Waals surface area contributed by atoms with E-state index in [4.69, 9.17) is 11.6 Å². The quantitative estimate of drug-likeness (QED) is 0.784. The van der Waals surface area contributed by atoms with Crippen molar-refractivity contribution >= 4 is 23.4 Å². The smallest absolute Gasteiger partial charge is 0.240 e. The summed E-state index contributed by atoms with van der Waals surface area (Å²) in [6, 6.07) is 0. The normalized spacial score (nSPS) is 10.6. The van der Waals surface area contributed by atoms with Gasteiger partial charge in [-0.05, 0) is 18.0 Å². The van der Waals surface area contributed by atoms with Crippen molar-refractivity contribution in [3.05, 3.63) is 24.0 Å². The molecule has 84 valence electrons. The zero-order valence-electron chi connectivity index (χ0n) is 8.67. The van der Waals surface area contributed by atoms with Gasteiger partial charge in [0.1, 0.15) is 6.33 Å². The number of rotatable bonds is 4. The Kier molecular flexibility index (Phi) is 3.74. The third-order valence-corrected chi connectivity index (χ3v) is 2.97. The van der Waals surface area contributed by atoms with Crippen molar-refractivity contribution < 1.29 is 0 Å². The Morgan fingerprint density at radius 3 is 2.94 bits per heavy atom. The predicted molar refractivity (Wildman–Crippen MR) is 63.0 cm³/mol. The van der Waals surface area contributed by atoms with E-state index in [2.05, 4.69) is 26.9 Å². The lowest BCUT2D eigenvalue weighted by atomic mass is 10.6. The Morgan fingerprint density at radius 2 is 2.25 bits per heavy atom. The van der Waals surface area contributed by atoms with Crippen LogP contribution >= 0.6 is 23.4 Å². The van der Waals surface area contributed by atoms with E-state index < -0.39 is 0 Å². The summed E-state index contributed by atoms with van der Waals surface area (Å²) in [4.78, 5) is 16.3. The van der Waals surface area contributed by atoms with Gasteiger partial charge in [-0.2, -0.15) is 15.0 Å². The highest BCUT2D eigenvalue weighted by molar-refractivity contribution is 7.99. The number of nitrogens with zero attached hydrogens (tertiary/aromatic N) is 5. The molecule has 7 heteroatoms. The number of aromatic nitrogens is 5. The maximum atomic E-state index is 5.84. The monoisotopic (exact) mass is 255 g/mol. The van der Waals surface area contributed by atoms with Crippen LogP contribution in [0.25, 0.3) is 5.95 Å². The van der Waals surface area contributed by atoms with Gasteiger partial charge >= 0.3 is 0 Å². The first-order chi connectivity index (χ1) is 7.79. The minimum atomic E-state index is 0.206. The Morgan fingerprint density at radius 1 is 1.38 bits per heavy atom. The van der Waals surface area contributed by atoms with Gasteiger partial charge in [-0.25, -0.2) is 4.98 Å². The first kappa shape index (κ1) is 11.3. The molecule has 0 saturated carbocycles. The Labute approximate surface area is 102 Å². The van der Waals surface area contributed by atoms with E-state index in [0.29, 0.717) is 11.1 Å². The van der Waals surface area contributed by atoms with Crippen LogP contribution < -0.4 is 0 Å². The molecule has 0 atom stereocenters. The maximum absolute atomic E-state index is 5.84. The van der Waals surface area contributed by atoms with Gasteiger partial charge in [0, 0.05) is 18.1 Å². The first-order valence-electron chi connectivity index (χ1n) is 4.82. The average molecular weight is 256 g/mol. The molecule has 0 saturated heterocycles. The summed E-state index contributed by atoms with van der Waals surface area (Å²) >= 11 is 7.40. The Balaban J connectivity index is 2.29. The Hall–Kier alpha value is -1.14. The van der Waals surface area contributed by atoms with Crippen LogP contribution in [-0.2, 0) is 0 Å². The second kappa shape index (κ2) is 5.27. The highest BCUT2D eigenvalue weighted by Gasteiger charge is 2.06. The molecule has 16 heavy (non-hydrogen) atoms. The van der Waals surface area contributed by atoms with Crippen molar-refractivity contribution in [2.24, 2.45) is 0 Å². The van der Waals surface area contributed by atoms with Crippen LogP contribution in [0.5, 0.6) is 0 Å². The molecular formula is C9H10ClN5S. The van der Waals surface area contributed by atoms with Gasteiger partial charge in [0.25, 0.3) is 0 Å². The second-order valence-electron chi connectivity index (χ2n) is 3.01. The highest BCUT2D eigenvalue weighted by atomic mass is 35.5. The fourth-order valence-electron chi connectivity index (χ4n) is 1.07. The zero-order valence-corrected chi connectivity index (χ0v) is 10.2. The molecule has 5 nitrogen and oxygen atoms in total. The number of hydrogen-bond donors (Lipinski definition) is 0. The third kappa shape index (κ3) is 2.70. The Bertz CT molecular complexity index is 459. The molecule has 0 spiro atoms. The second-order valence-corrected chi connectivity index (χ2v) is 4.41. The van der Waals surface area contributed by atoms with Gasteiger partial charge in [-0.15, -0.1) is 0 Å². The lowest BCUT2D eigenvalue weighted by Gasteiger charge is -2.03. The van der Waals surface area contributed by atoms with E-state index >= 15 is 0 Å². The van der Waals surface area contributed by atoms with Gasteiger partial charge in [-0.3, -0.25) is 4.57 Å². The molecule has 0 aliphatic rings. The van der Waals surface area contributed by atoms with Crippen LogP contribution in [0.1, 0.15) is 13.3 Å². The third-order valence-electron chi connectivity index (χ3n) is 1.75. The summed E-state index contributed by atoms with van der Waals surface area (Å²) in [7, 11) is 0. The van der Waals surface area contributed by atoms with Crippen molar-refractivity contribution in [1.82, 2.24) is 24.5 Å². The fraction of sp³-hybridized carbons (Fsp3) is 0.333. The minimum absolute atomic E-state index is 0.206. The van der Waals surface area contributed by atoms with E-state index in [0.717, 1.165) is 12.2 Å². The lowest BCUT2D eigenvalue weighted by Crippen LogP contribution is -2.02. The molecule has 2 aromatic heterocycles. The highest BCUT2D eigenvalue weighted by Crippen LogP contribution is 2.16. The molecule has 2 aromatic rings. The minimum Gasteiger partial charge on any atom is -0.274 e. The van der Waals surface area contributed by atoms with Crippen LogP contribution in [0.15, 0.2) is 23.9 Å². The topological polar surface area (TPSA) is 56.5 Å². The van der Waals surface area contributed by atoms with E-state index in [1.807, 2.05) is 0 Å². The number of hydrogen-bond acceptors (Lipinski definition) is 5. The van der Waals surface area contributed by atoms with Gasteiger partial charge in [0.2, 0.25) is 11.2 Å². The molecule has 0 radical (unpaired) electrons. The predicted octanol–water partition coefficient (Wildman–Crippen LogP) is 2.21. The number of halogens is 1. The number of imidazole rings is 1. The van der Waals surface area contributed by atoms with E-state index in [1.165, 1.54) is 0 Å². The SMILES string of the molecule is CCCSc1nc(Cl)nc(-n2ccnc2)n1. The summed E-state index contributed by atoms with van der Waals surface area (Å²) in [6.45, 7) is 2.10. The molecule has 2 rings (SSSR count). The zero-order chi connectivity index (χ0) is 11.4. The van der Waals surface area contributed by atoms with E-state index in [-0.39, 0.29) is 5.28 Å². The van der Waals surface area contributed by atoms with Gasteiger partial charge in [0.15, 0.2) is 5.16 Å². The van der Waals surface area contributed by atoms with Crippen LogP contribution in [0.4, 0.5) is 0 Å². The largest absolute Gasteiger partial charge is 0.274 e. The van der Waals surface area contributed by atoms with Crippen LogP contribution in [-0.4, -0.2) is 30.3 Å². The van der Waals surface area contributed by atoms with Gasteiger partial charge in [0.05, 0.1) is 0 Å². The summed E-state index contributed by atoms with van der Waals surface area (Å²) in [6.07, 6.45) is 6.12. The molecule has 0 N–H and O–H groups in total. The first-order valence-corrected chi connectivity index (χ1v) is 6.18. The van der Waals surface area contributed by atoms with Crippen LogP contribution in [0.3, 0.4) is 0 Å². The average Bonchev–Trinajstić information content (AvgIpc) is 2.79. The van der Waals surface area contributed by atoms with Crippen molar-refractivity contribution in [1.29, 1.82) is 0 Å². The molecule has 0 unspecified atom stereocenters. The molecule has 0 fully saturated rings. The molecule has 2 heterocycles. The molecular weight excluding hydrogens is 246 g/mol. The number of thioether (sulfide) groups is 1. The summed E-state index contributed by atoms with van der Waals surface area (Å²) in [5.74, 6) is 1.46. The van der Waals surface area contributed by atoms with E-state index in [9.17, 15) is 0 Å². The van der Waals surface area contributed by atoms with Gasteiger partial charge in [-0.1, -0.05) is 18.7 Å². The lowest BCUT2D eigenvalue weighted by molar-refractivity contribution is 0.822. The van der Waals surface area contributed by atoms with Crippen molar-refractivity contribution in [2.45, 2.75) is 18.5 Å². The molecule has 0 aliphatic carbocycles. The summed E-state index contributed by atoms with van der Waals surface area (Å²) in [5.41, 5.74) is 0. The van der Waals surface area contributed by atoms with Crippen LogP contribution in [0.2, 0.25) is 5.28 Å². The molecule has 0 bridgehead atoms. The van der Waals surface area contributed by atoms with Crippen molar-refractivity contribution in [3.8, 4) is 5.95 Å². The fourth-order valence-corrected chi connectivity index (χ4v) is 1.96. The van der Waals surface area contributed by atoms with E-state index in [1.54, 1.807) is 35.0 Å². The molecule has 0 aliphatic heterocycles. The van der Waals surface area contributed by atoms with Gasteiger partial charge < -0.3 is 0 Å². The molecule has 0 aromatic carbocycles. The van der Waals surface area contributed by atoms with Crippen molar-refractivity contribution in [2.75, 3.05) is 5.75 Å². The van der Waals surface area contributed by atoms with Crippen molar-refractivity contribution in [3.63, 3.8) is 0 Å². The standard InChI is InChI=1S/C9H10ClN5S/c1-2-5-16-9-13-7(10)12-8(14-9)15-4-3-11-6-15/h3-4,6H,2,5H2,1H3.